The minimum atomic E-state index is -3.76. The normalized spacial score (nSPS) is 18.1. The Morgan fingerprint density at radius 1 is 1.09 bits per heavy atom. The maximum Gasteiger partial charge on any atom is 0.248 e. The van der Waals surface area contributed by atoms with E-state index in [0.29, 0.717) is 25.1 Å². The highest BCUT2D eigenvalue weighted by atomic mass is 32.2. The fourth-order valence-electron chi connectivity index (χ4n) is 4.36. The largest absolute Gasteiger partial charge is 0.360 e. The molecule has 2 aromatic carbocycles. The summed E-state index contributed by atoms with van der Waals surface area (Å²) < 4.78 is 32.7. The van der Waals surface area contributed by atoms with E-state index in [9.17, 15) is 13.2 Å². The number of amides is 1. The lowest BCUT2D eigenvalue weighted by molar-refractivity contribution is -0.126. The molecule has 2 heterocycles. The van der Waals surface area contributed by atoms with Gasteiger partial charge >= 0.3 is 0 Å². The van der Waals surface area contributed by atoms with E-state index in [1.54, 1.807) is 13.8 Å². The van der Waals surface area contributed by atoms with E-state index in [4.69, 9.17) is 4.52 Å². The average Bonchev–Trinajstić information content (AvgIpc) is 3.18. The lowest BCUT2D eigenvalue weighted by Gasteiger charge is -2.31. The number of piperidine rings is 1. The zero-order chi connectivity index (χ0) is 23.6. The topological polar surface area (TPSA) is 92.5 Å². The first-order valence-corrected chi connectivity index (χ1v) is 12.6. The van der Waals surface area contributed by atoms with Crippen molar-refractivity contribution in [2.75, 3.05) is 13.1 Å². The highest BCUT2D eigenvalue weighted by Gasteiger charge is 2.36. The summed E-state index contributed by atoms with van der Waals surface area (Å²) in [6.45, 7) is 5.68. The predicted molar refractivity (Wildman–Crippen MR) is 126 cm³/mol. The van der Waals surface area contributed by atoms with E-state index in [1.807, 2.05) is 49.4 Å². The van der Waals surface area contributed by atoms with E-state index >= 15 is 0 Å². The molecular weight excluding hydrogens is 438 g/mol. The third-order valence-corrected chi connectivity index (χ3v) is 8.31. The van der Waals surface area contributed by atoms with Crippen molar-refractivity contribution in [1.82, 2.24) is 14.8 Å². The van der Waals surface area contributed by atoms with Gasteiger partial charge in [-0.25, -0.2) is 8.42 Å². The quantitative estimate of drug-likeness (QED) is 0.585. The predicted octanol–water partition coefficient (Wildman–Crippen LogP) is 4.24. The summed E-state index contributed by atoms with van der Waals surface area (Å²) in [4.78, 5) is 13.1. The molecule has 1 aliphatic heterocycles. The number of carbonyl (C=O) groups excluding carboxylic acids is 1. The van der Waals surface area contributed by atoms with Crippen LogP contribution < -0.4 is 5.32 Å². The number of carbonyl (C=O) groups is 1. The molecule has 0 spiro atoms. The zero-order valence-electron chi connectivity index (χ0n) is 19.1. The maximum absolute atomic E-state index is 13.1. The first-order chi connectivity index (χ1) is 15.8. The second kappa shape index (κ2) is 9.49. The molecule has 4 rings (SSSR count). The van der Waals surface area contributed by atoms with Crippen LogP contribution >= 0.6 is 0 Å². The van der Waals surface area contributed by atoms with Crippen LogP contribution in [-0.4, -0.2) is 36.9 Å². The number of aromatic nitrogens is 1. The molecule has 2 atom stereocenters. The highest BCUT2D eigenvalue weighted by Crippen LogP contribution is 2.28. The van der Waals surface area contributed by atoms with Gasteiger partial charge in [0.25, 0.3) is 0 Å². The van der Waals surface area contributed by atoms with Crippen molar-refractivity contribution in [2.45, 2.75) is 44.6 Å². The lowest BCUT2D eigenvalue weighted by atomic mass is 9.97. The van der Waals surface area contributed by atoms with Gasteiger partial charge in [0.15, 0.2) is 5.76 Å². The summed E-state index contributed by atoms with van der Waals surface area (Å²) in [6, 6.07) is 18.1. The molecule has 1 N–H and O–H groups in total. The Labute approximate surface area is 194 Å². The summed E-state index contributed by atoms with van der Waals surface area (Å²) >= 11 is 0. The number of rotatable bonds is 6. The molecule has 1 fully saturated rings. The number of hydrogen-bond donors (Lipinski definition) is 1. The smallest absolute Gasteiger partial charge is 0.248 e. The SMILES string of the molecule is Cc1noc(C)c1S(=O)(=O)N1CCCC(C(=O)NC(C)c2ccc(-c3ccccc3)cc2)C1. The second-order valence-electron chi connectivity index (χ2n) is 8.57. The Hall–Kier alpha value is -2.97. The number of nitrogens with one attached hydrogen (secondary N) is 1. The Bertz CT molecular complexity index is 1200. The molecule has 33 heavy (non-hydrogen) atoms. The van der Waals surface area contributed by atoms with Gasteiger partial charge in [-0.15, -0.1) is 0 Å². The van der Waals surface area contributed by atoms with Crippen LogP contribution in [0, 0.1) is 19.8 Å². The van der Waals surface area contributed by atoms with Crippen molar-refractivity contribution in [3.8, 4) is 11.1 Å². The average molecular weight is 468 g/mol. The second-order valence-corrected chi connectivity index (χ2v) is 10.4. The summed E-state index contributed by atoms with van der Waals surface area (Å²) in [5, 5.41) is 6.83. The van der Waals surface area contributed by atoms with Crippen LogP contribution in [0.2, 0.25) is 0 Å². The molecule has 0 bridgehead atoms. The monoisotopic (exact) mass is 467 g/mol. The van der Waals surface area contributed by atoms with Crippen molar-refractivity contribution < 1.29 is 17.7 Å². The van der Waals surface area contributed by atoms with Gasteiger partial charge in [0.2, 0.25) is 15.9 Å². The van der Waals surface area contributed by atoms with Crippen molar-refractivity contribution in [3.05, 3.63) is 71.6 Å². The minimum absolute atomic E-state index is 0.107. The molecular formula is C25H29N3O4S. The van der Waals surface area contributed by atoms with Gasteiger partial charge in [-0.2, -0.15) is 4.31 Å². The van der Waals surface area contributed by atoms with E-state index in [2.05, 4.69) is 22.6 Å². The van der Waals surface area contributed by atoms with Crippen molar-refractivity contribution >= 4 is 15.9 Å². The summed E-state index contributed by atoms with van der Waals surface area (Å²) in [6.07, 6.45) is 1.28. The van der Waals surface area contributed by atoms with Crippen LogP contribution in [0.3, 0.4) is 0 Å². The molecule has 1 aromatic heterocycles. The first kappa shape index (κ1) is 23.2. The summed E-state index contributed by atoms with van der Waals surface area (Å²) in [5.41, 5.74) is 3.60. The molecule has 0 saturated carbocycles. The molecule has 1 saturated heterocycles. The Balaban J connectivity index is 1.42. The number of nitrogens with zero attached hydrogens (tertiary/aromatic N) is 2. The third-order valence-electron chi connectivity index (χ3n) is 6.20. The van der Waals surface area contributed by atoms with Gasteiger partial charge in [0.1, 0.15) is 10.6 Å². The Kier molecular flexibility index (Phi) is 6.67. The van der Waals surface area contributed by atoms with Crippen LogP contribution in [0.1, 0.15) is 42.8 Å². The van der Waals surface area contributed by atoms with E-state index < -0.39 is 15.9 Å². The van der Waals surface area contributed by atoms with Crippen LogP contribution in [-0.2, 0) is 14.8 Å². The van der Waals surface area contributed by atoms with Crippen molar-refractivity contribution in [1.29, 1.82) is 0 Å². The first-order valence-electron chi connectivity index (χ1n) is 11.2. The van der Waals surface area contributed by atoms with Crippen molar-refractivity contribution in [3.63, 3.8) is 0 Å². The standard InChI is InChI=1S/C25H29N3O4S/c1-17(20-11-13-22(14-12-20)21-8-5-4-6-9-21)26-25(29)23-10-7-15-28(16-23)33(30,31)24-18(2)27-32-19(24)3/h4-6,8-9,11-14,17,23H,7,10,15-16H2,1-3H3,(H,26,29). The van der Waals surface area contributed by atoms with Crippen LogP contribution in [0.5, 0.6) is 0 Å². The molecule has 0 aliphatic carbocycles. The molecule has 3 aromatic rings. The molecule has 0 radical (unpaired) electrons. The van der Waals surface area contributed by atoms with Crippen LogP contribution in [0.15, 0.2) is 64.0 Å². The summed E-state index contributed by atoms with van der Waals surface area (Å²) in [5.74, 6) is -0.264. The van der Waals surface area contributed by atoms with E-state index in [0.717, 1.165) is 16.7 Å². The van der Waals surface area contributed by atoms with Gasteiger partial charge in [0, 0.05) is 13.1 Å². The third kappa shape index (κ3) is 4.86. The van der Waals surface area contributed by atoms with Gasteiger partial charge < -0.3 is 9.84 Å². The Morgan fingerprint density at radius 3 is 2.39 bits per heavy atom. The minimum Gasteiger partial charge on any atom is -0.360 e. The molecule has 1 aliphatic rings. The van der Waals surface area contributed by atoms with Gasteiger partial charge in [0.05, 0.1) is 12.0 Å². The number of benzene rings is 2. The highest BCUT2D eigenvalue weighted by molar-refractivity contribution is 7.89. The Morgan fingerprint density at radius 2 is 1.76 bits per heavy atom. The van der Waals surface area contributed by atoms with Gasteiger partial charge in [-0.1, -0.05) is 59.8 Å². The number of hydrogen-bond acceptors (Lipinski definition) is 5. The molecule has 174 valence electrons. The van der Waals surface area contributed by atoms with Gasteiger partial charge in [-0.05, 0) is 50.3 Å². The molecule has 7 nitrogen and oxygen atoms in total. The van der Waals surface area contributed by atoms with Crippen LogP contribution in [0.4, 0.5) is 0 Å². The molecule has 8 heteroatoms. The zero-order valence-corrected chi connectivity index (χ0v) is 19.9. The summed E-state index contributed by atoms with van der Waals surface area (Å²) in [7, 11) is -3.76. The maximum atomic E-state index is 13.1. The number of sulfonamides is 1. The lowest BCUT2D eigenvalue weighted by Crippen LogP contribution is -2.46. The fourth-order valence-corrected chi connectivity index (χ4v) is 6.17. The fraction of sp³-hybridized carbons (Fsp3) is 0.360. The van der Waals surface area contributed by atoms with Crippen LogP contribution in [0.25, 0.3) is 11.1 Å². The van der Waals surface area contributed by atoms with E-state index in [1.165, 1.54) is 4.31 Å². The molecule has 2 unspecified atom stereocenters. The number of aryl methyl sites for hydroxylation is 2. The van der Waals surface area contributed by atoms with Gasteiger partial charge in [-0.3, -0.25) is 4.79 Å². The van der Waals surface area contributed by atoms with Crippen molar-refractivity contribution in [2.24, 2.45) is 5.92 Å². The van der Waals surface area contributed by atoms with E-state index in [-0.39, 0.29) is 29.1 Å². The molecule has 1 amide bonds.